The Balaban J connectivity index is 1.47. The number of halogens is 3. The molecule has 14 heteroatoms. The highest BCUT2D eigenvalue weighted by Gasteiger charge is 2.58. The van der Waals surface area contributed by atoms with Gasteiger partial charge in [0.2, 0.25) is 5.95 Å². The molecule has 0 unspecified atom stereocenters. The molecular weight excluding hydrogens is 566 g/mol. The molecule has 0 radical (unpaired) electrons. The first-order valence-corrected chi connectivity index (χ1v) is 12.8. The number of rotatable bonds is 7. The van der Waals surface area contributed by atoms with Gasteiger partial charge in [0.15, 0.2) is 35.0 Å². The van der Waals surface area contributed by atoms with E-state index >= 15 is 4.39 Å². The summed E-state index contributed by atoms with van der Waals surface area (Å²) < 4.78 is 35.1. The minimum absolute atomic E-state index is 0.0729. The third kappa shape index (κ3) is 5.25. The number of anilines is 2. The Morgan fingerprint density at radius 3 is 2.27 bits per heavy atom. The van der Waals surface area contributed by atoms with Gasteiger partial charge < -0.3 is 25.3 Å². The van der Waals surface area contributed by atoms with Gasteiger partial charge >= 0.3 is 11.9 Å². The number of carbonyl (C=O) groups excluding carboxylic acids is 2. The predicted octanol–water partition coefficient (Wildman–Crippen LogP) is 4.47. The second kappa shape index (κ2) is 10.9. The van der Waals surface area contributed by atoms with Gasteiger partial charge in [0, 0.05) is 17.1 Å². The minimum atomic E-state index is -2.34. The smallest absolute Gasteiger partial charge is 0.338 e. The summed E-state index contributed by atoms with van der Waals surface area (Å²) in [7, 11) is 1.63. The van der Waals surface area contributed by atoms with Gasteiger partial charge in [-0.15, -0.1) is 0 Å². The lowest BCUT2D eigenvalue weighted by Gasteiger charge is -2.27. The van der Waals surface area contributed by atoms with Gasteiger partial charge in [-0.2, -0.15) is 9.97 Å². The molecule has 1 aliphatic heterocycles. The second-order valence-electron chi connectivity index (χ2n) is 9.12. The standard InChI is InChI=1S/C26H23Cl2FN6O5/c1-26(29)19(40-23(37)14-5-9-16(28)10-6-14)17(11-38-22(36)13-3-7-15(27)8-4-13)39-24(26)35-12-32-18-20(31-2)33-25(30)34-21(18)35/h3-10,12,17,19,24H,11H2,1-2H3,(H3,30,31,33,34)/t17-,19-,24-,26-/m1/s1. The highest BCUT2D eigenvalue weighted by atomic mass is 35.5. The van der Waals surface area contributed by atoms with E-state index in [1.165, 1.54) is 66.3 Å². The van der Waals surface area contributed by atoms with Gasteiger partial charge in [-0.05, 0) is 55.5 Å². The molecule has 1 saturated heterocycles. The van der Waals surface area contributed by atoms with Crippen LogP contribution in [0.15, 0.2) is 54.9 Å². The Hall–Kier alpha value is -4.00. The van der Waals surface area contributed by atoms with Crippen LogP contribution in [0.5, 0.6) is 0 Å². The number of nitrogen functional groups attached to an aromatic ring is 1. The van der Waals surface area contributed by atoms with E-state index in [9.17, 15) is 9.59 Å². The third-order valence-corrected chi connectivity index (χ3v) is 6.89. The summed E-state index contributed by atoms with van der Waals surface area (Å²) in [6, 6.07) is 12.0. The zero-order valence-electron chi connectivity index (χ0n) is 21.2. The van der Waals surface area contributed by atoms with E-state index in [2.05, 4.69) is 20.3 Å². The van der Waals surface area contributed by atoms with Crippen molar-refractivity contribution in [3.05, 3.63) is 76.0 Å². The number of nitrogens with zero attached hydrogens (tertiary/aromatic N) is 4. The van der Waals surface area contributed by atoms with E-state index in [1.807, 2.05) is 0 Å². The predicted molar refractivity (Wildman–Crippen MR) is 145 cm³/mol. The Labute approximate surface area is 237 Å². The molecule has 4 atom stereocenters. The Bertz CT molecular complexity index is 1560. The second-order valence-corrected chi connectivity index (χ2v) is 9.99. The van der Waals surface area contributed by atoms with Crippen LogP contribution >= 0.6 is 23.2 Å². The number of fused-ring (bicyclic) bond motifs is 1. The number of hydrogen-bond acceptors (Lipinski definition) is 10. The average Bonchev–Trinajstić information content (AvgIpc) is 3.45. The number of esters is 2. The molecule has 0 spiro atoms. The highest BCUT2D eigenvalue weighted by Crippen LogP contribution is 2.44. The van der Waals surface area contributed by atoms with Crippen molar-refractivity contribution in [2.75, 3.05) is 24.7 Å². The van der Waals surface area contributed by atoms with Crippen LogP contribution in [0, 0.1) is 0 Å². The molecule has 3 N–H and O–H groups in total. The molecule has 2 aromatic carbocycles. The maximum Gasteiger partial charge on any atom is 0.338 e. The van der Waals surface area contributed by atoms with E-state index in [4.69, 9.17) is 43.1 Å². The summed E-state index contributed by atoms with van der Waals surface area (Å²) in [6.45, 7) is 0.787. The molecule has 0 amide bonds. The van der Waals surface area contributed by atoms with E-state index in [-0.39, 0.29) is 22.7 Å². The molecule has 0 saturated carbocycles. The summed E-state index contributed by atoms with van der Waals surface area (Å²) in [5, 5.41) is 3.72. The summed E-state index contributed by atoms with van der Waals surface area (Å²) in [5.41, 5.74) is 4.39. The first-order chi connectivity index (χ1) is 19.1. The van der Waals surface area contributed by atoms with Crippen molar-refractivity contribution in [1.29, 1.82) is 0 Å². The molecule has 5 rings (SSSR count). The van der Waals surface area contributed by atoms with Crippen molar-refractivity contribution >= 4 is 58.1 Å². The van der Waals surface area contributed by atoms with E-state index in [1.54, 1.807) is 7.05 Å². The number of nitrogens with two attached hydrogens (primary N) is 1. The molecule has 1 fully saturated rings. The van der Waals surface area contributed by atoms with Crippen LogP contribution in [-0.2, 0) is 14.2 Å². The Morgan fingerprint density at radius 1 is 1.07 bits per heavy atom. The van der Waals surface area contributed by atoms with Gasteiger partial charge in [-0.1, -0.05) is 23.2 Å². The van der Waals surface area contributed by atoms with Gasteiger partial charge in [-0.3, -0.25) is 4.57 Å². The van der Waals surface area contributed by atoms with Crippen molar-refractivity contribution in [3.8, 4) is 0 Å². The lowest BCUT2D eigenvalue weighted by Crippen LogP contribution is -2.44. The molecule has 40 heavy (non-hydrogen) atoms. The third-order valence-electron chi connectivity index (χ3n) is 6.38. The number of benzene rings is 2. The lowest BCUT2D eigenvalue weighted by atomic mass is 9.98. The molecule has 0 aliphatic carbocycles. The Morgan fingerprint density at radius 2 is 1.68 bits per heavy atom. The summed E-state index contributed by atoms with van der Waals surface area (Å²) in [5.74, 6) is -1.25. The topological polar surface area (TPSA) is 143 Å². The van der Waals surface area contributed by atoms with Crippen molar-refractivity contribution in [3.63, 3.8) is 0 Å². The van der Waals surface area contributed by atoms with E-state index in [0.29, 0.717) is 21.4 Å². The first-order valence-electron chi connectivity index (χ1n) is 12.0. The van der Waals surface area contributed by atoms with Gasteiger partial charge in [0.1, 0.15) is 12.7 Å². The zero-order chi connectivity index (χ0) is 28.6. The molecule has 208 valence electrons. The monoisotopic (exact) mass is 588 g/mol. The number of imidazole rings is 1. The number of nitrogens with one attached hydrogen (secondary N) is 1. The fourth-order valence-electron chi connectivity index (χ4n) is 4.41. The number of ether oxygens (including phenoxy) is 3. The van der Waals surface area contributed by atoms with Gasteiger partial charge in [0.05, 0.1) is 17.5 Å². The van der Waals surface area contributed by atoms with Crippen LogP contribution < -0.4 is 11.1 Å². The van der Waals surface area contributed by atoms with Gasteiger partial charge in [-0.25, -0.2) is 19.0 Å². The molecule has 4 aromatic rings. The van der Waals surface area contributed by atoms with Gasteiger partial charge in [0.25, 0.3) is 0 Å². The van der Waals surface area contributed by atoms with Crippen LogP contribution in [0.2, 0.25) is 10.0 Å². The van der Waals surface area contributed by atoms with Crippen LogP contribution in [0.4, 0.5) is 16.2 Å². The molecule has 2 aromatic heterocycles. The number of alkyl halides is 1. The maximum atomic E-state index is 16.7. The van der Waals surface area contributed by atoms with Crippen LogP contribution in [0.25, 0.3) is 11.2 Å². The van der Waals surface area contributed by atoms with Crippen molar-refractivity contribution in [2.24, 2.45) is 0 Å². The maximum absolute atomic E-state index is 16.7. The average molecular weight is 589 g/mol. The van der Waals surface area contributed by atoms with Crippen LogP contribution in [0.3, 0.4) is 0 Å². The molecule has 0 bridgehead atoms. The summed E-state index contributed by atoms with van der Waals surface area (Å²) >= 11 is 11.8. The first kappa shape index (κ1) is 27.6. The Kier molecular flexibility index (Phi) is 7.49. The van der Waals surface area contributed by atoms with Crippen molar-refractivity contribution in [1.82, 2.24) is 19.5 Å². The number of hydrogen-bond donors (Lipinski definition) is 2. The fourth-order valence-corrected chi connectivity index (χ4v) is 4.66. The zero-order valence-corrected chi connectivity index (χ0v) is 22.7. The molecule has 3 heterocycles. The van der Waals surface area contributed by atoms with Crippen LogP contribution in [-0.4, -0.2) is 63.0 Å². The molecule has 1 aliphatic rings. The SMILES string of the molecule is CNc1nc(N)nc2c1ncn2[C@@H]1O[C@H](COC(=O)c2ccc(Cl)cc2)[C@@H](OC(=O)c2ccc(Cl)cc2)[C@@]1(C)F. The molecular formula is C26H23Cl2FN6O5. The quantitative estimate of drug-likeness (QED) is 0.297. The largest absolute Gasteiger partial charge is 0.459 e. The van der Waals surface area contributed by atoms with Crippen molar-refractivity contribution < 1.29 is 28.2 Å². The lowest BCUT2D eigenvalue weighted by molar-refractivity contribution is -0.0611. The van der Waals surface area contributed by atoms with Crippen LogP contribution in [0.1, 0.15) is 33.9 Å². The molecule has 11 nitrogen and oxygen atoms in total. The fraction of sp³-hybridized carbons (Fsp3) is 0.269. The van der Waals surface area contributed by atoms with Crippen molar-refractivity contribution in [2.45, 2.75) is 31.0 Å². The number of carbonyl (C=O) groups is 2. The highest BCUT2D eigenvalue weighted by molar-refractivity contribution is 6.31. The summed E-state index contributed by atoms with van der Waals surface area (Å²) in [4.78, 5) is 38.2. The van der Waals surface area contributed by atoms with E-state index in [0.717, 1.165) is 0 Å². The summed E-state index contributed by atoms with van der Waals surface area (Å²) in [6.07, 6.45) is -2.77. The normalized spacial score (nSPS) is 22.3. The number of aromatic nitrogens is 4. The van der Waals surface area contributed by atoms with E-state index < -0.39 is 42.7 Å². The minimum Gasteiger partial charge on any atom is -0.459 e.